The van der Waals surface area contributed by atoms with Crippen LogP contribution in [-0.2, 0) is 17.6 Å². The maximum absolute atomic E-state index is 13.7. The molecule has 20 heavy (non-hydrogen) atoms. The average molecular weight is 270 g/mol. The lowest BCUT2D eigenvalue weighted by atomic mass is 10.1. The van der Waals surface area contributed by atoms with Gasteiger partial charge in [-0.05, 0) is 42.2 Å². The van der Waals surface area contributed by atoms with E-state index in [0.717, 1.165) is 0 Å². The highest BCUT2D eigenvalue weighted by atomic mass is 19.1. The number of fused-ring (bicyclic) bond motifs is 1. The van der Waals surface area contributed by atoms with Crippen LogP contribution in [0.15, 0.2) is 42.5 Å². The molecule has 2 aromatic carbocycles. The van der Waals surface area contributed by atoms with Crippen molar-refractivity contribution in [3.8, 4) is 0 Å². The molecule has 1 aliphatic rings. The second-order valence-electron chi connectivity index (χ2n) is 5.10. The van der Waals surface area contributed by atoms with Crippen LogP contribution in [0.25, 0.3) is 0 Å². The van der Waals surface area contributed by atoms with E-state index >= 15 is 0 Å². The summed E-state index contributed by atoms with van der Waals surface area (Å²) in [7, 11) is 0. The molecule has 3 nitrogen and oxygen atoms in total. The molecule has 3 N–H and O–H groups in total. The highest BCUT2D eigenvalue weighted by Gasteiger charge is 2.27. The molecule has 0 bridgehead atoms. The first-order chi connectivity index (χ1) is 9.63. The van der Waals surface area contributed by atoms with Gasteiger partial charge in [0.05, 0.1) is 5.69 Å². The molecule has 1 aliphatic carbocycles. The van der Waals surface area contributed by atoms with E-state index in [1.165, 1.54) is 23.3 Å². The van der Waals surface area contributed by atoms with Crippen molar-refractivity contribution in [2.45, 2.75) is 12.8 Å². The predicted molar refractivity (Wildman–Crippen MR) is 76.8 cm³/mol. The molecule has 0 heterocycles. The van der Waals surface area contributed by atoms with E-state index < -0.39 is 5.82 Å². The predicted octanol–water partition coefficient (Wildman–Crippen LogP) is 2.76. The molecule has 0 spiro atoms. The van der Waals surface area contributed by atoms with E-state index in [0.29, 0.717) is 18.5 Å². The van der Waals surface area contributed by atoms with Gasteiger partial charge < -0.3 is 11.1 Å². The zero-order chi connectivity index (χ0) is 14.1. The van der Waals surface area contributed by atoms with Crippen LogP contribution in [0.1, 0.15) is 11.1 Å². The third-order valence-corrected chi connectivity index (χ3v) is 3.67. The molecular formula is C16H15FN2O. The van der Waals surface area contributed by atoms with E-state index in [4.69, 9.17) is 5.73 Å². The minimum Gasteiger partial charge on any atom is -0.399 e. The van der Waals surface area contributed by atoms with Crippen molar-refractivity contribution in [3.63, 3.8) is 0 Å². The van der Waals surface area contributed by atoms with Crippen molar-refractivity contribution in [2.75, 3.05) is 11.1 Å². The van der Waals surface area contributed by atoms with Crippen LogP contribution in [-0.4, -0.2) is 5.91 Å². The van der Waals surface area contributed by atoms with Crippen LogP contribution in [0.5, 0.6) is 0 Å². The summed E-state index contributed by atoms with van der Waals surface area (Å²) < 4.78 is 13.7. The third-order valence-electron chi connectivity index (χ3n) is 3.67. The first kappa shape index (κ1) is 12.7. The molecule has 0 aliphatic heterocycles. The fraction of sp³-hybridized carbons (Fsp3) is 0.188. The molecule has 1 amide bonds. The summed E-state index contributed by atoms with van der Waals surface area (Å²) in [4.78, 5) is 12.2. The Morgan fingerprint density at radius 1 is 1.15 bits per heavy atom. The number of halogens is 1. The van der Waals surface area contributed by atoms with E-state index in [9.17, 15) is 9.18 Å². The molecule has 4 heteroatoms. The molecule has 102 valence electrons. The number of benzene rings is 2. The topological polar surface area (TPSA) is 55.1 Å². The molecule has 0 saturated heterocycles. The lowest BCUT2D eigenvalue weighted by Crippen LogP contribution is -2.23. The number of anilines is 2. The minimum atomic E-state index is -0.506. The van der Waals surface area contributed by atoms with Crippen molar-refractivity contribution >= 4 is 17.3 Å². The number of rotatable bonds is 2. The number of hydrogen-bond donors (Lipinski definition) is 2. The van der Waals surface area contributed by atoms with Gasteiger partial charge in [-0.1, -0.05) is 24.3 Å². The van der Waals surface area contributed by atoms with Gasteiger partial charge in [0, 0.05) is 11.6 Å². The Labute approximate surface area is 116 Å². The Morgan fingerprint density at radius 3 is 2.40 bits per heavy atom. The molecule has 0 unspecified atom stereocenters. The molecule has 3 rings (SSSR count). The Bertz CT molecular complexity index is 644. The molecule has 0 aromatic heterocycles. The molecule has 0 radical (unpaired) electrons. The summed E-state index contributed by atoms with van der Waals surface area (Å²) >= 11 is 0. The lowest BCUT2D eigenvalue weighted by Gasteiger charge is -2.11. The number of amides is 1. The largest absolute Gasteiger partial charge is 0.399 e. The van der Waals surface area contributed by atoms with Crippen LogP contribution >= 0.6 is 0 Å². The van der Waals surface area contributed by atoms with Crippen LogP contribution in [0.3, 0.4) is 0 Å². The van der Waals surface area contributed by atoms with Crippen LogP contribution in [0.2, 0.25) is 0 Å². The summed E-state index contributed by atoms with van der Waals surface area (Å²) in [6, 6.07) is 12.3. The van der Waals surface area contributed by atoms with E-state index in [1.807, 2.05) is 24.3 Å². The summed E-state index contributed by atoms with van der Waals surface area (Å²) in [5, 5.41) is 2.64. The van der Waals surface area contributed by atoms with Crippen molar-refractivity contribution in [1.82, 2.24) is 0 Å². The van der Waals surface area contributed by atoms with Crippen LogP contribution < -0.4 is 11.1 Å². The molecule has 0 atom stereocenters. The van der Waals surface area contributed by atoms with Crippen LogP contribution in [0.4, 0.5) is 15.8 Å². The second kappa shape index (κ2) is 4.96. The Kier molecular flexibility index (Phi) is 3.14. The van der Waals surface area contributed by atoms with Gasteiger partial charge in [0.1, 0.15) is 5.82 Å². The number of nitrogens with two attached hydrogens (primary N) is 1. The third kappa shape index (κ3) is 2.37. The normalized spacial score (nSPS) is 14.1. The zero-order valence-corrected chi connectivity index (χ0v) is 10.9. The standard InChI is InChI=1S/C16H15FN2O/c17-14-9-13(18)5-6-15(14)19-16(20)12-7-10-3-1-2-4-11(10)8-12/h1-6,9,12H,7-8,18H2,(H,19,20). The lowest BCUT2D eigenvalue weighted by molar-refractivity contribution is -0.119. The smallest absolute Gasteiger partial charge is 0.228 e. The van der Waals surface area contributed by atoms with Gasteiger partial charge in [0.25, 0.3) is 0 Å². The van der Waals surface area contributed by atoms with Gasteiger partial charge in [-0.2, -0.15) is 0 Å². The quantitative estimate of drug-likeness (QED) is 0.824. The van der Waals surface area contributed by atoms with Gasteiger partial charge in [0.2, 0.25) is 5.91 Å². The summed E-state index contributed by atoms with van der Waals surface area (Å²) in [6.07, 6.45) is 1.41. The van der Waals surface area contributed by atoms with E-state index in [-0.39, 0.29) is 17.5 Å². The van der Waals surface area contributed by atoms with Crippen LogP contribution in [0, 0.1) is 11.7 Å². The second-order valence-corrected chi connectivity index (χ2v) is 5.10. The fourth-order valence-electron chi connectivity index (χ4n) is 2.61. The first-order valence-corrected chi connectivity index (χ1v) is 6.56. The van der Waals surface area contributed by atoms with E-state index in [2.05, 4.69) is 5.32 Å². The fourth-order valence-corrected chi connectivity index (χ4v) is 2.61. The van der Waals surface area contributed by atoms with Crippen molar-refractivity contribution < 1.29 is 9.18 Å². The summed E-state index contributed by atoms with van der Waals surface area (Å²) in [5.41, 5.74) is 8.41. The van der Waals surface area contributed by atoms with Gasteiger partial charge >= 0.3 is 0 Å². The maximum atomic E-state index is 13.7. The van der Waals surface area contributed by atoms with Gasteiger partial charge in [0.15, 0.2) is 0 Å². The Hall–Kier alpha value is -2.36. The Morgan fingerprint density at radius 2 is 1.80 bits per heavy atom. The number of hydrogen-bond acceptors (Lipinski definition) is 2. The monoisotopic (exact) mass is 270 g/mol. The zero-order valence-electron chi connectivity index (χ0n) is 10.9. The molecule has 0 saturated carbocycles. The van der Waals surface area contributed by atoms with Crippen molar-refractivity contribution in [1.29, 1.82) is 0 Å². The highest BCUT2D eigenvalue weighted by Crippen LogP contribution is 2.28. The van der Waals surface area contributed by atoms with Gasteiger partial charge in [-0.3, -0.25) is 4.79 Å². The minimum absolute atomic E-state index is 0.135. The average Bonchev–Trinajstić information content (AvgIpc) is 2.86. The number of carbonyl (C=O) groups excluding carboxylic acids is 1. The number of carbonyl (C=O) groups is 1. The SMILES string of the molecule is Nc1ccc(NC(=O)C2Cc3ccccc3C2)c(F)c1. The van der Waals surface area contributed by atoms with Gasteiger partial charge in [-0.25, -0.2) is 4.39 Å². The number of nitrogens with one attached hydrogen (secondary N) is 1. The summed E-state index contributed by atoms with van der Waals surface area (Å²) in [6.45, 7) is 0. The van der Waals surface area contributed by atoms with Gasteiger partial charge in [-0.15, -0.1) is 0 Å². The highest BCUT2D eigenvalue weighted by molar-refractivity contribution is 5.93. The molecular weight excluding hydrogens is 255 g/mol. The van der Waals surface area contributed by atoms with Crippen molar-refractivity contribution in [2.24, 2.45) is 5.92 Å². The first-order valence-electron chi connectivity index (χ1n) is 6.56. The molecule has 2 aromatic rings. The summed E-state index contributed by atoms with van der Waals surface area (Å²) in [5.74, 6) is -0.789. The number of nitrogen functional groups attached to an aromatic ring is 1. The maximum Gasteiger partial charge on any atom is 0.228 e. The molecule has 0 fully saturated rings. The van der Waals surface area contributed by atoms with Crippen molar-refractivity contribution in [3.05, 3.63) is 59.4 Å². The Balaban J connectivity index is 1.72. The van der Waals surface area contributed by atoms with E-state index in [1.54, 1.807) is 6.07 Å².